The van der Waals surface area contributed by atoms with Crippen molar-refractivity contribution >= 4 is 11.8 Å². The predicted molar refractivity (Wildman–Crippen MR) is 73.1 cm³/mol. The molecule has 2 rings (SSSR count). The Bertz CT molecular complexity index is 387. The van der Waals surface area contributed by atoms with Gasteiger partial charge in [0, 0.05) is 17.0 Å². The molecule has 0 spiro atoms. The van der Waals surface area contributed by atoms with Crippen molar-refractivity contribution < 1.29 is 0 Å². The highest BCUT2D eigenvalue weighted by Gasteiger charge is 2.28. The van der Waals surface area contributed by atoms with Crippen molar-refractivity contribution in [3.8, 4) is 0 Å². The SMILES string of the molecule is CCC1SCc2cc(C)cc(C)c2C1NC. The summed E-state index contributed by atoms with van der Waals surface area (Å²) < 4.78 is 0. The predicted octanol–water partition coefficient (Wildman–Crippen LogP) is 3.59. The Morgan fingerprint density at radius 3 is 2.75 bits per heavy atom. The molecule has 1 aliphatic heterocycles. The summed E-state index contributed by atoms with van der Waals surface area (Å²) in [6.45, 7) is 6.73. The number of nitrogens with one attached hydrogen (secondary N) is 1. The van der Waals surface area contributed by atoms with Gasteiger partial charge in [0.05, 0.1) is 0 Å². The van der Waals surface area contributed by atoms with Gasteiger partial charge < -0.3 is 5.32 Å². The van der Waals surface area contributed by atoms with E-state index in [-0.39, 0.29) is 0 Å². The minimum Gasteiger partial charge on any atom is -0.312 e. The number of hydrogen-bond donors (Lipinski definition) is 1. The molecule has 2 atom stereocenters. The summed E-state index contributed by atoms with van der Waals surface area (Å²) >= 11 is 2.09. The molecule has 0 radical (unpaired) electrons. The molecule has 0 aliphatic carbocycles. The maximum atomic E-state index is 3.50. The molecular weight excluding hydrogens is 214 g/mol. The topological polar surface area (TPSA) is 12.0 Å². The third-order valence-electron chi connectivity index (χ3n) is 3.47. The van der Waals surface area contributed by atoms with Crippen LogP contribution in [0.5, 0.6) is 0 Å². The van der Waals surface area contributed by atoms with Crippen molar-refractivity contribution in [2.75, 3.05) is 7.05 Å². The van der Waals surface area contributed by atoms with E-state index in [1.807, 2.05) is 0 Å². The van der Waals surface area contributed by atoms with E-state index in [1.54, 1.807) is 5.56 Å². The maximum absolute atomic E-state index is 3.50. The third-order valence-corrected chi connectivity index (χ3v) is 4.98. The third kappa shape index (κ3) is 2.01. The Balaban J connectivity index is 2.48. The van der Waals surface area contributed by atoms with Gasteiger partial charge in [-0.15, -0.1) is 0 Å². The van der Waals surface area contributed by atoms with Crippen LogP contribution in [0, 0.1) is 13.8 Å². The quantitative estimate of drug-likeness (QED) is 0.840. The van der Waals surface area contributed by atoms with Crippen LogP contribution < -0.4 is 5.32 Å². The van der Waals surface area contributed by atoms with Gasteiger partial charge in [0.1, 0.15) is 0 Å². The molecule has 1 nitrogen and oxygen atoms in total. The molecule has 1 aromatic rings. The van der Waals surface area contributed by atoms with Crippen molar-refractivity contribution in [3.05, 3.63) is 34.4 Å². The summed E-state index contributed by atoms with van der Waals surface area (Å²) in [7, 11) is 2.09. The van der Waals surface area contributed by atoms with Crippen LogP contribution in [0.15, 0.2) is 12.1 Å². The first-order chi connectivity index (χ1) is 7.67. The molecule has 1 aliphatic rings. The minimum atomic E-state index is 0.527. The Morgan fingerprint density at radius 2 is 2.12 bits per heavy atom. The minimum absolute atomic E-state index is 0.527. The second-order valence-corrected chi connectivity index (χ2v) is 5.91. The van der Waals surface area contributed by atoms with E-state index in [2.05, 4.69) is 57.0 Å². The monoisotopic (exact) mass is 235 g/mol. The van der Waals surface area contributed by atoms with Crippen molar-refractivity contribution in [3.63, 3.8) is 0 Å². The second-order valence-electron chi connectivity index (χ2n) is 4.68. The summed E-state index contributed by atoms with van der Waals surface area (Å²) in [6.07, 6.45) is 1.24. The largest absolute Gasteiger partial charge is 0.312 e. The molecule has 0 aromatic heterocycles. The van der Waals surface area contributed by atoms with Crippen LogP contribution in [-0.4, -0.2) is 12.3 Å². The van der Waals surface area contributed by atoms with E-state index in [1.165, 1.54) is 28.9 Å². The van der Waals surface area contributed by atoms with Crippen molar-refractivity contribution in [2.45, 2.75) is 44.2 Å². The first-order valence-electron chi connectivity index (χ1n) is 6.06. The van der Waals surface area contributed by atoms with Gasteiger partial charge in [-0.1, -0.05) is 24.6 Å². The summed E-state index contributed by atoms with van der Waals surface area (Å²) in [5.41, 5.74) is 5.93. The second kappa shape index (κ2) is 4.80. The van der Waals surface area contributed by atoms with E-state index in [9.17, 15) is 0 Å². The van der Waals surface area contributed by atoms with Gasteiger partial charge in [-0.05, 0) is 44.0 Å². The molecule has 16 heavy (non-hydrogen) atoms. The molecular formula is C14H21NS. The average Bonchev–Trinajstić information content (AvgIpc) is 2.27. The molecule has 0 amide bonds. The van der Waals surface area contributed by atoms with Crippen LogP contribution in [0.2, 0.25) is 0 Å². The highest BCUT2D eigenvalue weighted by molar-refractivity contribution is 7.99. The Morgan fingerprint density at radius 1 is 1.38 bits per heavy atom. The number of fused-ring (bicyclic) bond motifs is 1. The molecule has 1 heterocycles. The zero-order chi connectivity index (χ0) is 11.7. The van der Waals surface area contributed by atoms with Gasteiger partial charge in [0.2, 0.25) is 0 Å². The molecule has 0 saturated heterocycles. The maximum Gasteiger partial charge on any atom is 0.0443 e. The zero-order valence-corrected chi connectivity index (χ0v) is 11.4. The van der Waals surface area contributed by atoms with E-state index in [0.717, 1.165) is 5.25 Å². The van der Waals surface area contributed by atoms with Gasteiger partial charge in [-0.25, -0.2) is 0 Å². The lowest BCUT2D eigenvalue weighted by molar-refractivity contribution is 0.543. The van der Waals surface area contributed by atoms with Crippen molar-refractivity contribution in [1.82, 2.24) is 5.32 Å². The van der Waals surface area contributed by atoms with Gasteiger partial charge >= 0.3 is 0 Å². The lowest BCUT2D eigenvalue weighted by Crippen LogP contribution is -2.31. The van der Waals surface area contributed by atoms with Gasteiger partial charge in [-0.3, -0.25) is 0 Å². The Hall–Kier alpha value is -0.470. The first kappa shape index (κ1) is 12.0. The number of thioether (sulfide) groups is 1. The molecule has 88 valence electrons. The smallest absolute Gasteiger partial charge is 0.0443 e. The van der Waals surface area contributed by atoms with E-state index >= 15 is 0 Å². The fourth-order valence-electron chi connectivity index (χ4n) is 2.79. The van der Waals surface area contributed by atoms with E-state index < -0.39 is 0 Å². The fourth-order valence-corrected chi connectivity index (χ4v) is 4.13. The summed E-state index contributed by atoms with van der Waals surface area (Å²) in [4.78, 5) is 0. The molecule has 1 N–H and O–H groups in total. The summed E-state index contributed by atoms with van der Waals surface area (Å²) in [5.74, 6) is 1.18. The van der Waals surface area contributed by atoms with Crippen molar-refractivity contribution in [2.24, 2.45) is 0 Å². The number of aryl methyl sites for hydroxylation is 2. The molecule has 2 unspecified atom stereocenters. The lowest BCUT2D eigenvalue weighted by Gasteiger charge is -2.34. The molecule has 0 fully saturated rings. The Labute approximate surface area is 103 Å². The molecule has 0 bridgehead atoms. The van der Waals surface area contributed by atoms with Gasteiger partial charge in [-0.2, -0.15) is 11.8 Å². The standard InChI is InChI=1S/C14H21NS/c1-5-12-14(15-4)13-10(3)6-9(2)7-11(13)8-16-12/h6-7,12,14-15H,5,8H2,1-4H3. The fraction of sp³-hybridized carbons (Fsp3) is 0.571. The number of hydrogen-bond acceptors (Lipinski definition) is 2. The molecule has 0 saturated carbocycles. The number of benzene rings is 1. The first-order valence-corrected chi connectivity index (χ1v) is 7.11. The average molecular weight is 235 g/mol. The van der Waals surface area contributed by atoms with Crippen molar-refractivity contribution in [1.29, 1.82) is 0 Å². The molecule has 2 heteroatoms. The van der Waals surface area contributed by atoms with Crippen LogP contribution in [0.25, 0.3) is 0 Å². The number of rotatable bonds is 2. The van der Waals surface area contributed by atoms with E-state index in [0.29, 0.717) is 6.04 Å². The van der Waals surface area contributed by atoms with Gasteiger partial charge in [0.15, 0.2) is 0 Å². The normalized spacial score (nSPS) is 24.2. The highest BCUT2D eigenvalue weighted by Crippen LogP contribution is 2.40. The summed E-state index contributed by atoms with van der Waals surface area (Å²) in [5, 5.41) is 4.22. The van der Waals surface area contributed by atoms with Crippen LogP contribution in [0.3, 0.4) is 0 Å². The van der Waals surface area contributed by atoms with E-state index in [4.69, 9.17) is 0 Å². The Kier molecular flexibility index (Phi) is 3.60. The zero-order valence-electron chi connectivity index (χ0n) is 10.6. The van der Waals surface area contributed by atoms with Gasteiger partial charge in [0.25, 0.3) is 0 Å². The molecule has 1 aromatic carbocycles. The highest BCUT2D eigenvalue weighted by atomic mass is 32.2. The summed E-state index contributed by atoms with van der Waals surface area (Å²) in [6, 6.07) is 5.19. The lowest BCUT2D eigenvalue weighted by atomic mass is 9.91. The van der Waals surface area contributed by atoms with Crippen LogP contribution in [-0.2, 0) is 5.75 Å². The van der Waals surface area contributed by atoms with Crippen LogP contribution in [0.1, 0.15) is 41.6 Å². The van der Waals surface area contributed by atoms with Crippen LogP contribution >= 0.6 is 11.8 Å². The van der Waals surface area contributed by atoms with Crippen LogP contribution in [0.4, 0.5) is 0 Å².